The molecular weight excluding hydrogens is 260 g/mol. The number of aliphatic hydroxyl groups is 1. The molecule has 0 spiro atoms. The van der Waals surface area contributed by atoms with Crippen LogP contribution in [-0.2, 0) is 4.79 Å². The van der Waals surface area contributed by atoms with Gasteiger partial charge in [0.2, 0.25) is 0 Å². The summed E-state index contributed by atoms with van der Waals surface area (Å²) in [7, 11) is 0. The molecule has 0 heterocycles. The maximum Gasteiger partial charge on any atom is 0.139 e. The van der Waals surface area contributed by atoms with Crippen LogP contribution in [-0.4, -0.2) is 17.0 Å². The molecule has 4 aliphatic rings. The molecule has 1 N–H and O–H groups in total. The monoisotopic (exact) mass is 288 g/mol. The topological polar surface area (TPSA) is 37.3 Å². The van der Waals surface area contributed by atoms with Crippen molar-refractivity contribution < 1.29 is 9.90 Å². The lowest BCUT2D eigenvalue weighted by atomic mass is 9.50. The Morgan fingerprint density at radius 2 is 2.05 bits per heavy atom. The Morgan fingerprint density at radius 1 is 1.24 bits per heavy atom. The third-order valence-electron chi connectivity index (χ3n) is 7.48. The Labute approximate surface area is 128 Å². The number of carbonyl (C=O) groups is 1. The van der Waals surface area contributed by atoms with Crippen LogP contribution in [0.2, 0.25) is 0 Å². The van der Waals surface area contributed by atoms with E-state index in [1.165, 1.54) is 12.0 Å². The van der Waals surface area contributed by atoms with Crippen LogP contribution in [0.4, 0.5) is 0 Å². The second kappa shape index (κ2) is 4.68. The fourth-order valence-electron chi connectivity index (χ4n) is 6.49. The van der Waals surface area contributed by atoms with Crippen LogP contribution < -0.4 is 0 Å². The summed E-state index contributed by atoms with van der Waals surface area (Å²) in [5, 5.41) is 9.94. The molecule has 2 nitrogen and oxygen atoms in total. The molecule has 21 heavy (non-hydrogen) atoms. The quantitative estimate of drug-likeness (QED) is 0.690. The van der Waals surface area contributed by atoms with Crippen LogP contribution in [0.15, 0.2) is 11.6 Å². The van der Waals surface area contributed by atoms with Crippen LogP contribution in [0.3, 0.4) is 0 Å². The molecule has 3 fully saturated rings. The highest BCUT2D eigenvalue weighted by atomic mass is 16.3. The van der Waals surface area contributed by atoms with Crippen molar-refractivity contribution in [3.63, 3.8) is 0 Å². The summed E-state index contributed by atoms with van der Waals surface area (Å²) in [6.07, 6.45) is 9.51. The minimum atomic E-state index is -0.207. The minimum absolute atomic E-state index is 0.00910. The molecule has 0 aromatic rings. The highest BCUT2D eigenvalue weighted by molar-refractivity contribution is 5.87. The molecule has 4 aliphatic carbocycles. The lowest BCUT2D eigenvalue weighted by Crippen LogP contribution is -2.49. The first-order chi connectivity index (χ1) is 10.0. The number of rotatable bonds is 0. The molecule has 116 valence electrons. The first-order valence-corrected chi connectivity index (χ1v) is 8.92. The number of hydrogen-bond acceptors (Lipinski definition) is 2. The third kappa shape index (κ3) is 1.91. The molecular formula is C19H28O2. The summed E-state index contributed by atoms with van der Waals surface area (Å²) >= 11 is 0. The van der Waals surface area contributed by atoms with Gasteiger partial charge in [-0.1, -0.05) is 25.5 Å². The van der Waals surface area contributed by atoms with Gasteiger partial charge in [0.15, 0.2) is 0 Å². The summed E-state index contributed by atoms with van der Waals surface area (Å²) in [4.78, 5) is 12.4. The number of hydrogen-bond donors (Lipinski definition) is 1. The highest BCUT2D eigenvalue weighted by Crippen LogP contribution is 2.62. The average molecular weight is 288 g/mol. The van der Waals surface area contributed by atoms with Gasteiger partial charge < -0.3 is 5.11 Å². The van der Waals surface area contributed by atoms with E-state index in [1.54, 1.807) is 0 Å². The van der Waals surface area contributed by atoms with E-state index in [0.717, 1.165) is 50.4 Å². The van der Waals surface area contributed by atoms with E-state index >= 15 is 0 Å². The molecule has 3 saturated carbocycles. The minimum Gasteiger partial charge on any atom is -0.389 e. The second-order valence-electron chi connectivity index (χ2n) is 8.44. The molecule has 0 aromatic heterocycles. The molecule has 0 radical (unpaired) electrons. The largest absolute Gasteiger partial charge is 0.389 e. The van der Waals surface area contributed by atoms with Gasteiger partial charge in [0.25, 0.3) is 0 Å². The number of allylic oxidation sites excluding steroid dienone is 1. The maximum absolute atomic E-state index is 12.4. The highest BCUT2D eigenvalue weighted by Gasteiger charge is 2.57. The van der Waals surface area contributed by atoms with Crippen LogP contribution in [0, 0.1) is 35.0 Å². The third-order valence-corrected chi connectivity index (χ3v) is 7.48. The van der Waals surface area contributed by atoms with Crippen LogP contribution in [0.25, 0.3) is 0 Å². The molecule has 2 heteroatoms. The summed E-state index contributed by atoms with van der Waals surface area (Å²) in [5.41, 5.74) is 1.53. The summed E-state index contributed by atoms with van der Waals surface area (Å²) in [5.74, 6) is 4.07. The first kappa shape index (κ1) is 14.0. The number of aliphatic hydroxyl groups excluding tert-OH is 1. The Bertz CT molecular complexity index is 494. The van der Waals surface area contributed by atoms with E-state index in [9.17, 15) is 9.90 Å². The van der Waals surface area contributed by atoms with Crippen LogP contribution in [0.5, 0.6) is 0 Å². The summed E-state index contributed by atoms with van der Waals surface area (Å²) in [6, 6.07) is 0. The van der Waals surface area contributed by atoms with Gasteiger partial charge >= 0.3 is 0 Å². The predicted octanol–water partition coefficient (Wildman–Crippen LogP) is 3.74. The number of fused-ring (bicyclic) bond motifs is 5. The lowest BCUT2D eigenvalue weighted by Gasteiger charge is -2.54. The zero-order chi connectivity index (χ0) is 14.8. The Balaban J connectivity index is 1.68. The number of Topliss-reactive ketones (excluding diaryl/α,β-unsaturated/α-hetero) is 1. The van der Waals surface area contributed by atoms with Gasteiger partial charge in [-0.25, -0.2) is 0 Å². The molecule has 0 bridgehead atoms. The molecule has 0 saturated heterocycles. The zero-order valence-corrected chi connectivity index (χ0v) is 13.3. The fourth-order valence-corrected chi connectivity index (χ4v) is 6.49. The molecule has 0 amide bonds. The van der Waals surface area contributed by atoms with Crippen LogP contribution >= 0.6 is 0 Å². The van der Waals surface area contributed by atoms with Crippen molar-refractivity contribution in [3.8, 4) is 0 Å². The van der Waals surface area contributed by atoms with Crippen molar-refractivity contribution in [2.75, 3.05) is 0 Å². The van der Waals surface area contributed by atoms with Crippen molar-refractivity contribution >= 4 is 5.78 Å². The summed E-state index contributed by atoms with van der Waals surface area (Å²) in [6.45, 7) is 4.65. The zero-order valence-electron chi connectivity index (χ0n) is 13.3. The summed E-state index contributed by atoms with van der Waals surface area (Å²) < 4.78 is 0. The van der Waals surface area contributed by atoms with Crippen LogP contribution in [0.1, 0.15) is 58.8 Å². The standard InChI is InChI=1S/C19H28O2/c1-11-9-12-10-13(20)3-4-14(12)15-7-8-19(2)16(18(11)15)5-6-17(19)21/h10-11,13-16,18,20H,3-9H2,1-2H3/t11-,13?,14?,15?,16?,18?,19?/m1/s1. The van der Waals surface area contributed by atoms with Gasteiger partial charge in [0.05, 0.1) is 6.10 Å². The van der Waals surface area contributed by atoms with Crippen molar-refractivity contribution in [1.29, 1.82) is 0 Å². The maximum atomic E-state index is 12.4. The number of ketones is 1. The lowest BCUT2D eigenvalue weighted by molar-refractivity contribution is -0.132. The van der Waals surface area contributed by atoms with E-state index in [0.29, 0.717) is 23.5 Å². The van der Waals surface area contributed by atoms with Gasteiger partial charge in [0, 0.05) is 11.8 Å². The molecule has 4 rings (SSSR count). The number of carbonyl (C=O) groups excluding carboxylic acids is 1. The van der Waals surface area contributed by atoms with E-state index in [-0.39, 0.29) is 11.5 Å². The van der Waals surface area contributed by atoms with E-state index in [1.807, 2.05) is 0 Å². The van der Waals surface area contributed by atoms with Gasteiger partial charge in [-0.15, -0.1) is 0 Å². The van der Waals surface area contributed by atoms with Gasteiger partial charge in [0.1, 0.15) is 5.78 Å². The second-order valence-corrected chi connectivity index (χ2v) is 8.44. The van der Waals surface area contributed by atoms with Gasteiger partial charge in [-0.3, -0.25) is 4.79 Å². The smallest absolute Gasteiger partial charge is 0.139 e. The van der Waals surface area contributed by atoms with Crippen molar-refractivity contribution in [3.05, 3.63) is 11.6 Å². The van der Waals surface area contributed by atoms with E-state index in [2.05, 4.69) is 19.9 Å². The normalized spacial score (nSPS) is 52.7. The van der Waals surface area contributed by atoms with Crippen molar-refractivity contribution in [2.24, 2.45) is 35.0 Å². The Morgan fingerprint density at radius 3 is 2.86 bits per heavy atom. The fraction of sp³-hybridized carbons (Fsp3) is 0.842. The average Bonchev–Trinajstić information content (AvgIpc) is 2.74. The molecule has 6 unspecified atom stereocenters. The predicted molar refractivity (Wildman–Crippen MR) is 82.6 cm³/mol. The first-order valence-electron chi connectivity index (χ1n) is 8.92. The molecule has 0 aliphatic heterocycles. The van der Waals surface area contributed by atoms with Crippen molar-refractivity contribution in [2.45, 2.75) is 64.9 Å². The van der Waals surface area contributed by atoms with E-state index in [4.69, 9.17) is 0 Å². The molecule has 7 atom stereocenters. The van der Waals surface area contributed by atoms with E-state index < -0.39 is 0 Å². The Hall–Kier alpha value is -0.630. The van der Waals surface area contributed by atoms with Gasteiger partial charge in [-0.2, -0.15) is 0 Å². The molecule has 0 aromatic carbocycles. The Kier molecular flexibility index (Phi) is 3.12. The SMILES string of the molecule is C[C@@H]1CC2=CC(O)CCC2C2CCC3(C)C(=O)CCC3C21. The van der Waals surface area contributed by atoms with Crippen molar-refractivity contribution in [1.82, 2.24) is 0 Å². The van der Waals surface area contributed by atoms with Gasteiger partial charge in [-0.05, 0) is 68.1 Å².